The van der Waals surface area contributed by atoms with Crippen LogP contribution >= 0.6 is 46.4 Å². The highest BCUT2D eigenvalue weighted by atomic mass is 35.5. The Morgan fingerprint density at radius 2 is 0.712 bits per heavy atom. The molecule has 0 N–H and O–H groups in total. The molecule has 0 fully saturated rings. The van der Waals surface area contributed by atoms with Crippen LogP contribution in [0.2, 0.25) is 20.1 Å². The number of hydrogen-bond acceptors (Lipinski definition) is 0. The molecule has 0 saturated carbocycles. The summed E-state index contributed by atoms with van der Waals surface area (Å²) in [6, 6.07) is 36.0. The molecule has 5 aromatic rings. The second-order valence-electron chi connectivity index (χ2n) is 17.8. The molecule has 0 amide bonds. The minimum absolute atomic E-state index is 0.716. The Bertz CT molecular complexity index is 1810. The first-order chi connectivity index (χ1) is 28.3. The third-order valence-electron chi connectivity index (χ3n) is 12.4. The second-order valence-corrected chi connectivity index (χ2v) is 19.4. The topological polar surface area (TPSA) is 0 Å². The van der Waals surface area contributed by atoms with Gasteiger partial charge in [-0.05, 0) is 62.8 Å². The van der Waals surface area contributed by atoms with Crippen molar-refractivity contribution >= 4 is 74.4 Å². The number of quaternary nitrogens is 1. The molecule has 0 heterocycles. The zero-order valence-corrected chi connectivity index (χ0v) is 40.2. The first kappa shape index (κ1) is 48.9. The van der Waals surface area contributed by atoms with Gasteiger partial charge in [0.05, 0.1) is 20.6 Å². The van der Waals surface area contributed by atoms with Crippen LogP contribution in [0, 0.1) is 27.7 Å². The largest absolute Gasteiger partial charge is 0.325 e. The van der Waals surface area contributed by atoms with E-state index in [4.69, 9.17) is 46.4 Å². The zero-order valence-electron chi connectivity index (χ0n) is 37.2. The molecule has 1 nitrogen and oxygen atoms in total. The van der Waals surface area contributed by atoms with Gasteiger partial charge in [-0.25, -0.2) is 0 Å². The molecule has 59 heavy (non-hydrogen) atoms. The molecule has 0 radical (unpaired) electrons. The summed E-state index contributed by atoms with van der Waals surface area (Å²) < 4.78 is 1.11. The molecule has 0 aliphatic carbocycles. The van der Waals surface area contributed by atoms with Crippen LogP contribution in [0.3, 0.4) is 0 Å². The molecule has 0 spiro atoms. The molecule has 0 saturated heterocycles. The normalized spacial score (nSPS) is 11.7. The minimum Gasteiger partial charge on any atom is -0.325 e. The summed E-state index contributed by atoms with van der Waals surface area (Å²) in [5.74, 6) is 0. The smallest absolute Gasteiger partial charge is 0.108 e. The van der Waals surface area contributed by atoms with Crippen LogP contribution in [0.15, 0.2) is 103 Å². The Morgan fingerprint density at radius 1 is 0.407 bits per heavy atom. The summed E-state index contributed by atoms with van der Waals surface area (Å²) in [6.07, 6.45) is 18.5. The van der Waals surface area contributed by atoms with Crippen molar-refractivity contribution in [1.82, 2.24) is 0 Å². The summed E-state index contributed by atoms with van der Waals surface area (Å²) in [5, 5.41) is 2.86. The van der Waals surface area contributed by atoms with Gasteiger partial charge in [-0.15, -0.1) is 0 Å². The van der Waals surface area contributed by atoms with E-state index in [0.717, 1.165) is 55.1 Å². The molecule has 0 aliphatic rings. The van der Waals surface area contributed by atoms with Crippen molar-refractivity contribution in [3.8, 4) is 0 Å². The maximum atomic E-state index is 6.68. The van der Waals surface area contributed by atoms with Gasteiger partial charge in [0.15, 0.2) is 0 Å². The predicted octanol–water partition coefficient (Wildman–Crippen LogP) is 14.7. The third kappa shape index (κ3) is 14.7. The fourth-order valence-electron chi connectivity index (χ4n) is 8.56. The van der Waals surface area contributed by atoms with Crippen molar-refractivity contribution in [2.45, 2.75) is 131 Å². The summed E-state index contributed by atoms with van der Waals surface area (Å²) in [5.41, 5.74) is 9.85. The van der Waals surface area contributed by atoms with E-state index in [0.29, 0.717) is 20.1 Å². The number of rotatable bonds is 21. The van der Waals surface area contributed by atoms with Crippen LogP contribution in [0.1, 0.15) is 125 Å². The third-order valence-corrected chi connectivity index (χ3v) is 14.0. The van der Waals surface area contributed by atoms with Gasteiger partial charge in [0.1, 0.15) is 12.7 Å². The number of halogens is 4. The van der Waals surface area contributed by atoms with Gasteiger partial charge in [-0.1, -0.05) is 234 Å². The Kier molecular flexibility index (Phi) is 20.5. The number of unbranched alkanes of at least 4 members (excludes halogenated alkanes) is 13. The molecule has 0 bridgehead atoms. The van der Waals surface area contributed by atoms with E-state index in [1.54, 1.807) is 0 Å². The number of aryl methyl sites for hydroxylation is 4. The maximum Gasteiger partial charge on any atom is 0.108 e. The van der Waals surface area contributed by atoms with Crippen LogP contribution in [-0.4, -0.2) is 31.3 Å². The molecule has 0 aliphatic heterocycles. The van der Waals surface area contributed by atoms with Crippen LogP contribution in [0.4, 0.5) is 0 Å². The summed E-state index contributed by atoms with van der Waals surface area (Å²) in [6.45, 7) is 12.8. The Morgan fingerprint density at radius 3 is 1.02 bits per heavy atom. The van der Waals surface area contributed by atoms with Crippen molar-refractivity contribution < 1.29 is 4.48 Å². The lowest BCUT2D eigenvalue weighted by Gasteiger charge is -2.45. The van der Waals surface area contributed by atoms with Crippen molar-refractivity contribution in [3.05, 3.63) is 151 Å². The van der Waals surface area contributed by atoms with Crippen molar-refractivity contribution in [1.29, 1.82) is 0 Å². The number of nitrogens with zero attached hydrogens (tertiary/aromatic N) is 1. The molecule has 0 aromatic heterocycles. The van der Waals surface area contributed by atoms with Crippen LogP contribution in [0.25, 0.3) is 0 Å². The van der Waals surface area contributed by atoms with Gasteiger partial charge >= 0.3 is 0 Å². The first-order valence-corrected chi connectivity index (χ1v) is 23.9. The highest BCUT2D eigenvalue weighted by Gasteiger charge is 2.33. The van der Waals surface area contributed by atoms with Crippen LogP contribution < -0.4 is 21.9 Å². The fraction of sp³-hybridized carbons (Fsp3) is 0.434. The fourth-order valence-corrected chi connectivity index (χ4v) is 9.32. The lowest BCUT2D eigenvalue weighted by Crippen LogP contribution is -2.74. The first-order valence-electron chi connectivity index (χ1n) is 22.4. The van der Waals surface area contributed by atoms with E-state index in [1.807, 2.05) is 27.7 Å². The van der Waals surface area contributed by atoms with E-state index in [1.165, 1.54) is 102 Å². The standard InChI is InChI=1S/C28H24BCl4.C25H46N/c1-17-5-9-21(13-25(17)30)29(22-10-6-18(2)26(31)14-22,23-11-7-19(3)27(32)15-23)24-12-8-20(4)28(33)16-24;1-4-5-6-7-8-9-10-11-12-13-14-15-16-20-23-26(2,3)24-25-21-18-17-19-22-25/h5-16H,1-4H3;17-19,21-22H,4-16,20,23-24H2,1-3H3/q-1;+1. The molecule has 6 heteroatoms. The predicted molar refractivity (Wildman–Crippen MR) is 266 cm³/mol. The highest BCUT2D eigenvalue weighted by Crippen LogP contribution is 2.23. The van der Waals surface area contributed by atoms with Crippen LogP contribution in [-0.2, 0) is 6.54 Å². The van der Waals surface area contributed by atoms with Gasteiger partial charge < -0.3 is 4.48 Å². The molecule has 5 aromatic carbocycles. The minimum atomic E-state index is -1.69. The Balaban J connectivity index is 0.000000269. The summed E-state index contributed by atoms with van der Waals surface area (Å²) in [4.78, 5) is 0. The van der Waals surface area contributed by atoms with Crippen molar-refractivity contribution in [2.24, 2.45) is 0 Å². The van der Waals surface area contributed by atoms with E-state index < -0.39 is 6.15 Å². The van der Waals surface area contributed by atoms with Crippen molar-refractivity contribution in [3.63, 3.8) is 0 Å². The number of hydrogen-bond donors (Lipinski definition) is 0. The van der Waals surface area contributed by atoms with Crippen molar-refractivity contribution in [2.75, 3.05) is 20.6 Å². The second kappa shape index (κ2) is 24.7. The average Bonchev–Trinajstić information content (AvgIpc) is 3.21. The molecular formula is C53H70BCl4N. The average molecular weight is 874 g/mol. The zero-order chi connectivity index (χ0) is 42.8. The summed E-state index contributed by atoms with van der Waals surface area (Å²) >= 11 is 26.7. The molecular weight excluding hydrogens is 803 g/mol. The van der Waals surface area contributed by atoms with Gasteiger partial charge in [0.25, 0.3) is 0 Å². The monoisotopic (exact) mass is 871 g/mol. The lowest BCUT2D eigenvalue weighted by molar-refractivity contribution is -0.903. The van der Waals surface area contributed by atoms with Gasteiger partial charge in [-0.2, -0.15) is 21.9 Å². The van der Waals surface area contributed by atoms with E-state index in [9.17, 15) is 0 Å². The van der Waals surface area contributed by atoms with Gasteiger partial charge in [-0.3, -0.25) is 0 Å². The van der Waals surface area contributed by atoms with E-state index in [-0.39, 0.29) is 0 Å². The quantitative estimate of drug-likeness (QED) is 0.0391. The molecule has 0 unspecified atom stereocenters. The Hall–Kier alpha value is -2.72. The molecule has 0 atom stereocenters. The highest BCUT2D eigenvalue weighted by molar-refractivity contribution is 7.20. The van der Waals surface area contributed by atoms with Crippen LogP contribution in [0.5, 0.6) is 0 Å². The maximum absolute atomic E-state index is 6.68. The number of benzene rings is 5. The van der Waals surface area contributed by atoms with Gasteiger partial charge in [0.2, 0.25) is 0 Å². The van der Waals surface area contributed by atoms with E-state index in [2.05, 4.69) is 124 Å². The summed E-state index contributed by atoms with van der Waals surface area (Å²) in [7, 11) is 4.74. The SMILES string of the molecule is CCCCCCCCCCCCCCCC[N+](C)(C)Cc1ccccc1.Cc1ccc([B-](c2ccc(C)c(Cl)c2)(c2ccc(C)c(Cl)c2)c2ccc(C)c(Cl)c2)cc1Cl. The van der Waals surface area contributed by atoms with Gasteiger partial charge in [0, 0.05) is 25.7 Å². The Labute approximate surface area is 379 Å². The lowest BCUT2D eigenvalue weighted by atomic mass is 9.13. The van der Waals surface area contributed by atoms with E-state index >= 15 is 0 Å². The molecule has 5 rings (SSSR count). The molecule has 318 valence electrons.